The van der Waals surface area contributed by atoms with E-state index in [1.165, 1.54) is 38.3 Å². The zero-order chi connectivity index (χ0) is 24.9. The minimum atomic E-state index is -4.01. The third kappa shape index (κ3) is 5.51. The van der Waals surface area contributed by atoms with E-state index in [2.05, 4.69) is 5.32 Å². The summed E-state index contributed by atoms with van der Waals surface area (Å²) in [5.74, 6) is -2.60. The minimum absolute atomic E-state index is 0.0268. The van der Waals surface area contributed by atoms with Crippen LogP contribution in [-0.2, 0) is 28.0 Å². The first kappa shape index (κ1) is 25.1. The highest BCUT2D eigenvalue weighted by Gasteiger charge is 2.54. The molecule has 0 aromatic heterocycles. The van der Waals surface area contributed by atoms with Crippen molar-refractivity contribution in [2.45, 2.75) is 23.2 Å². The van der Waals surface area contributed by atoms with Gasteiger partial charge in [-0.25, -0.2) is 13.2 Å². The highest BCUT2D eigenvalue weighted by molar-refractivity contribution is 8.72. The molecule has 0 saturated carbocycles. The molecule has 1 fully saturated rings. The number of allylic oxidation sites excluding steroid dienone is 1. The average Bonchev–Trinajstić information content (AvgIpc) is 2.84. The number of nitrogens with zero attached hydrogens (tertiary/aromatic N) is 1. The normalized spacial score (nSPS) is 18.4. The number of carbonyl (C=O) groups is 3. The number of benzene rings is 2. The predicted molar refractivity (Wildman–Crippen MR) is 123 cm³/mol. The van der Waals surface area contributed by atoms with Crippen LogP contribution in [0.4, 0.5) is 0 Å². The number of aliphatic carboxylic acids is 1. The molecule has 1 heterocycles. The predicted octanol–water partition coefficient (Wildman–Crippen LogP) is 1.80. The lowest BCUT2D eigenvalue weighted by molar-refractivity contribution is -0.151. The van der Waals surface area contributed by atoms with Crippen LogP contribution in [0.3, 0.4) is 0 Å². The van der Waals surface area contributed by atoms with Gasteiger partial charge >= 0.3 is 5.97 Å². The number of likely N-dealkylation sites (tertiary alicyclic amines) is 1. The van der Waals surface area contributed by atoms with E-state index in [4.69, 9.17) is 9.47 Å². The van der Waals surface area contributed by atoms with Crippen molar-refractivity contribution in [1.29, 1.82) is 0 Å². The van der Waals surface area contributed by atoms with Crippen molar-refractivity contribution in [2.75, 3.05) is 13.7 Å². The number of carbonyl (C=O) groups excluding carboxylic acids is 2. The molecule has 10 nitrogen and oxygen atoms in total. The molecule has 12 heteroatoms. The molecule has 3 rings (SSSR count). The lowest BCUT2D eigenvalue weighted by atomic mass is 10.1. The van der Waals surface area contributed by atoms with Gasteiger partial charge in [0.05, 0.1) is 12.0 Å². The van der Waals surface area contributed by atoms with Gasteiger partial charge in [-0.05, 0) is 31.2 Å². The van der Waals surface area contributed by atoms with Gasteiger partial charge in [0, 0.05) is 10.8 Å². The summed E-state index contributed by atoms with van der Waals surface area (Å²) in [5.41, 5.74) is -0.515. The summed E-state index contributed by atoms with van der Waals surface area (Å²) >= 11 is 0. The highest BCUT2D eigenvalue weighted by atomic mass is 33.1. The molecule has 0 radical (unpaired) electrons. The van der Waals surface area contributed by atoms with Gasteiger partial charge in [-0.1, -0.05) is 36.4 Å². The molecule has 0 aliphatic carbocycles. The fraction of sp³-hybridized carbons (Fsp3) is 0.227. The van der Waals surface area contributed by atoms with E-state index >= 15 is 0 Å². The van der Waals surface area contributed by atoms with E-state index < -0.39 is 50.4 Å². The van der Waals surface area contributed by atoms with Crippen molar-refractivity contribution in [3.05, 3.63) is 72.1 Å². The van der Waals surface area contributed by atoms with Crippen LogP contribution >= 0.6 is 10.8 Å². The number of amides is 2. The Morgan fingerprint density at radius 3 is 2.24 bits per heavy atom. The van der Waals surface area contributed by atoms with Crippen LogP contribution in [0.25, 0.3) is 0 Å². The topological polar surface area (TPSA) is 139 Å². The first-order valence-electron chi connectivity index (χ1n) is 9.92. The third-order valence-corrected chi connectivity index (χ3v) is 8.53. The molecule has 2 amide bonds. The molecule has 2 unspecified atom stereocenters. The van der Waals surface area contributed by atoms with Crippen molar-refractivity contribution in [2.24, 2.45) is 0 Å². The number of hydrogen-bond acceptors (Lipinski definition) is 8. The van der Waals surface area contributed by atoms with Crippen molar-refractivity contribution in [1.82, 2.24) is 10.2 Å². The monoisotopic (exact) mass is 506 g/mol. The van der Waals surface area contributed by atoms with Crippen molar-refractivity contribution < 1.29 is 37.4 Å². The maximum Gasteiger partial charge on any atom is 0.356 e. The molecule has 0 spiro atoms. The summed E-state index contributed by atoms with van der Waals surface area (Å²) in [5, 5.41) is 10.8. The molecule has 0 bridgehead atoms. The summed E-state index contributed by atoms with van der Waals surface area (Å²) < 4.78 is 36.3. The van der Waals surface area contributed by atoms with E-state index in [1.807, 2.05) is 0 Å². The number of carboxylic acid groups (broad SMARTS) is 1. The smallest absolute Gasteiger partial charge is 0.356 e. The molecule has 34 heavy (non-hydrogen) atoms. The molecule has 2 aromatic carbocycles. The number of rotatable bonds is 10. The van der Waals surface area contributed by atoms with E-state index in [0.717, 1.165) is 4.90 Å². The lowest BCUT2D eigenvalue weighted by Gasteiger charge is -2.46. The Morgan fingerprint density at radius 1 is 1.09 bits per heavy atom. The van der Waals surface area contributed by atoms with Crippen LogP contribution in [0.1, 0.15) is 6.92 Å². The Kier molecular flexibility index (Phi) is 7.84. The van der Waals surface area contributed by atoms with Crippen molar-refractivity contribution in [3.63, 3.8) is 0 Å². The van der Waals surface area contributed by atoms with Crippen LogP contribution in [-0.4, -0.2) is 61.3 Å². The number of para-hydroxylation sites is 1. The largest absolute Gasteiger partial charge is 0.499 e. The van der Waals surface area contributed by atoms with Gasteiger partial charge in [0.1, 0.15) is 22.9 Å². The lowest BCUT2D eigenvalue weighted by Crippen LogP contribution is -2.70. The fourth-order valence-corrected chi connectivity index (χ4v) is 6.60. The van der Waals surface area contributed by atoms with Crippen LogP contribution < -0.4 is 10.1 Å². The summed E-state index contributed by atoms with van der Waals surface area (Å²) in [6, 6.07) is 14.7. The summed E-state index contributed by atoms with van der Waals surface area (Å²) in [6.45, 7) is 0.916. The number of hydrogen-bond donors (Lipinski definition) is 2. The molecular formula is C22H22N2O8S2. The zero-order valence-corrected chi connectivity index (χ0v) is 19.8. The second kappa shape index (κ2) is 10.6. The van der Waals surface area contributed by atoms with Crippen LogP contribution in [0.15, 0.2) is 77.0 Å². The van der Waals surface area contributed by atoms with Gasteiger partial charge in [0.15, 0.2) is 12.3 Å². The maximum absolute atomic E-state index is 13.0. The molecule has 2 atom stereocenters. The van der Waals surface area contributed by atoms with Crippen LogP contribution in [0.5, 0.6) is 5.75 Å². The van der Waals surface area contributed by atoms with Crippen LogP contribution in [0.2, 0.25) is 0 Å². The van der Waals surface area contributed by atoms with E-state index in [1.54, 1.807) is 36.4 Å². The van der Waals surface area contributed by atoms with Gasteiger partial charge < -0.3 is 19.9 Å². The van der Waals surface area contributed by atoms with Crippen molar-refractivity contribution in [3.8, 4) is 5.75 Å². The molecule has 1 aliphatic heterocycles. The quantitative estimate of drug-likeness (QED) is 0.214. The first-order valence-corrected chi connectivity index (χ1v) is 12.8. The van der Waals surface area contributed by atoms with Gasteiger partial charge in [-0.2, -0.15) is 0 Å². The van der Waals surface area contributed by atoms with Gasteiger partial charge in [0.25, 0.3) is 11.8 Å². The van der Waals surface area contributed by atoms with E-state index in [0.29, 0.717) is 16.5 Å². The molecule has 2 N–H and O–H groups in total. The summed E-state index contributed by atoms with van der Waals surface area (Å²) in [6.07, 6.45) is 0. The number of carboxylic acids is 1. The minimum Gasteiger partial charge on any atom is -0.499 e. The number of methoxy groups -OCH3 is 1. The standard InChI is InChI=1S/C22H22N2O8S2/c1-14(31-2)19(22(27)28)24-20(26)18(23-17(25)13-32-15-9-5-3-6-10-15)21(24)33-34(29,30)16-11-7-4-8-12-16/h3-12,18,21H,13H2,1-2H3,(H,23,25)(H,27,28)/b19-14+. The molecular weight excluding hydrogens is 484 g/mol. The van der Waals surface area contributed by atoms with Crippen LogP contribution in [0, 0.1) is 0 Å². The molecule has 1 aliphatic rings. The highest BCUT2D eigenvalue weighted by Crippen LogP contribution is 2.40. The molecule has 1 saturated heterocycles. The van der Waals surface area contributed by atoms with E-state index in [9.17, 15) is 27.9 Å². The summed E-state index contributed by atoms with van der Waals surface area (Å²) in [7, 11) is -2.42. The Morgan fingerprint density at radius 2 is 1.68 bits per heavy atom. The van der Waals surface area contributed by atoms with Gasteiger partial charge in [-0.15, -0.1) is 0 Å². The number of nitrogens with one attached hydrogen (secondary N) is 1. The van der Waals surface area contributed by atoms with Gasteiger partial charge in [0.2, 0.25) is 8.87 Å². The average molecular weight is 507 g/mol. The maximum atomic E-state index is 13.0. The SMILES string of the molecule is CO/C(C)=C(\C(=O)O)N1C(=O)C(NC(=O)COc2ccccc2)C1SS(=O)(=O)c1ccccc1. The summed E-state index contributed by atoms with van der Waals surface area (Å²) in [4.78, 5) is 37.9. The fourth-order valence-electron chi connectivity index (χ4n) is 3.11. The molecule has 180 valence electrons. The third-order valence-electron chi connectivity index (χ3n) is 4.81. The van der Waals surface area contributed by atoms with E-state index in [-0.39, 0.29) is 10.7 Å². The Bertz CT molecular complexity index is 1200. The Labute approximate surface area is 199 Å². The van der Waals surface area contributed by atoms with Crippen molar-refractivity contribution >= 4 is 37.4 Å². The Hall–Kier alpha value is -3.51. The second-order valence-electron chi connectivity index (χ2n) is 7.02. The zero-order valence-electron chi connectivity index (χ0n) is 18.2. The molecule has 2 aromatic rings. The second-order valence-corrected chi connectivity index (χ2v) is 11.0. The Balaban J connectivity index is 1.85. The van der Waals surface area contributed by atoms with Gasteiger partial charge in [-0.3, -0.25) is 14.5 Å². The number of β-lactam (4-membered cyclic amide) rings is 1. The number of ether oxygens (including phenoxy) is 2. The first-order chi connectivity index (χ1) is 16.2.